The van der Waals surface area contributed by atoms with Gasteiger partial charge in [-0.1, -0.05) is 6.07 Å². The fourth-order valence-electron chi connectivity index (χ4n) is 1.68. The third kappa shape index (κ3) is 2.76. The second-order valence-corrected chi connectivity index (χ2v) is 5.02. The molecular formula is C14H14FNOS. The van der Waals surface area contributed by atoms with Crippen molar-refractivity contribution in [3.63, 3.8) is 0 Å². The molecular weight excluding hydrogens is 249 g/mol. The minimum Gasteiger partial charge on any atom is -0.345 e. The van der Waals surface area contributed by atoms with Crippen LogP contribution in [0.4, 0.5) is 4.39 Å². The first-order valence-corrected chi connectivity index (χ1v) is 6.61. The van der Waals surface area contributed by atoms with E-state index in [2.05, 4.69) is 5.32 Å². The molecule has 1 unspecified atom stereocenters. The largest absolute Gasteiger partial charge is 0.345 e. The van der Waals surface area contributed by atoms with Gasteiger partial charge in [-0.3, -0.25) is 4.79 Å². The highest BCUT2D eigenvalue weighted by atomic mass is 32.1. The number of amides is 1. The van der Waals surface area contributed by atoms with Crippen molar-refractivity contribution >= 4 is 17.2 Å². The van der Waals surface area contributed by atoms with Crippen molar-refractivity contribution in [1.29, 1.82) is 0 Å². The lowest BCUT2D eigenvalue weighted by atomic mass is 10.1. The van der Waals surface area contributed by atoms with E-state index in [-0.39, 0.29) is 17.5 Å². The van der Waals surface area contributed by atoms with E-state index in [1.54, 1.807) is 24.3 Å². The molecule has 94 valence electrons. The monoisotopic (exact) mass is 263 g/mol. The van der Waals surface area contributed by atoms with Crippen LogP contribution in [0.15, 0.2) is 35.0 Å². The van der Waals surface area contributed by atoms with Crippen LogP contribution in [0.1, 0.15) is 34.5 Å². The van der Waals surface area contributed by atoms with E-state index in [1.807, 2.05) is 23.8 Å². The molecule has 0 saturated carbocycles. The second-order valence-electron chi connectivity index (χ2n) is 4.24. The van der Waals surface area contributed by atoms with Crippen molar-refractivity contribution in [2.45, 2.75) is 19.9 Å². The first kappa shape index (κ1) is 12.8. The number of hydrogen-bond donors (Lipinski definition) is 1. The van der Waals surface area contributed by atoms with Crippen LogP contribution in [0.25, 0.3) is 0 Å². The number of benzene rings is 1. The zero-order chi connectivity index (χ0) is 13.1. The van der Waals surface area contributed by atoms with Gasteiger partial charge in [0.05, 0.1) is 11.6 Å². The van der Waals surface area contributed by atoms with Crippen LogP contribution in [-0.4, -0.2) is 5.91 Å². The molecule has 1 amide bonds. The molecule has 0 aliphatic rings. The summed E-state index contributed by atoms with van der Waals surface area (Å²) in [4.78, 5) is 11.9. The van der Waals surface area contributed by atoms with Gasteiger partial charge in [-0.05, 0) is 53.9 Å². The highest BCUT2D eigenvalue weighted by Crippen LogP contribution is 2.17. The predicted molar refractivity (Wildman–Crippen MR) is 71.3 cm³/mol. The third-order valence-electron chi connectivity index (χ3n) is 2.76. The Morgan fingerprint density at radius 3 is 2.78 bits per heavy atom. The van der Waals surface area contributed by atoms with Crippen LogP contribution >= 0.6 is 11.3 Å². The highest BCUT2D eigenvalue weighted by Gasteiger charge is 2.15. The summed E-state index contributed by atoms with van der Waals surface area (Å²) >= 11 is 1.57. The number of hydrogen-bond acceptors (Lipinski definition) is 2. The number of rotatable bonds is 3. The van der Waals surface area contributed by atoms with Gasteiger partial charge in [0.2, 0.25) is 0 Å². The Labute approximate surface area is 109 Å². The van der Waals surface area contributed by atoms with Gasteiger partial charge in [-0.15, -0.1) is 0 Å². The van der Waals surface area contributed by atoms with Gasteiger partial charge in [-0.25, -0.2) is 4.39 Å². The zero-order valence-electron chi connectivity index (χ0n) is 10.2. The van der Waals surface area contributed by atoms with Crippen molar-refractivity contribution in [1.82, 2.24) is 5.32 Å². The lowest BCUT2D eigenvalue weighted by Crippen LogP contribution is -2.27. The van der Waals surface area contributed by atoms with Gasteiger partial charge in [0.25, 0.3) is 5.91 Å². The molecule has 0 bridgehead atoms. The molecule has 1 N–H and O–H groups in total. The maximum Gasteiger partial charge on any atom is 0.254 e. The number of nitrogens with one attached hydrogen (secondary N) is 1. The van der Waals surface area contributed by atoms with Gasteiger partial charge in [0, 0.05) is 0 Å². The summed E-state index contributed by atoms with van der Waals surface area (Å²) < 4.78 is 13.6. The van der Waals surface area contributed by atoms with Gasteiger partial charge in [0.15, 0.2) is 0 Å². The molecule has 0 aliphatic carbocycles. The molecule has 2 nitrogen and oxygen atoms in total. The van der Waals surface area contributed by atoms with E-state index in [9.17, 15) is 9.18 Å². The van der Waals surface area contributed by atoms with E-state index in [1.165, 1.54) is 12.1 Å². The number of thiophene rings is 1. The van der Waals surface area contributed by atoms with E-state index in [4.69, 9.17) is 0 Å². The van der Waals surface area contributed by atoms with Gasteiger partial charge in [-0.2, -0.15) is 11.3 Å². The molecule has 0 aliphatic heterocycles. The summed E-state index contributed by atoms with van der Waals surface area (Å²) in [6, 6.07) is 6.43. The number of carbonyl (C=O) groups is 1. The van der Waals surface area contributed by atoms with E-state index in [0.717, 1.165) is 11.1 Å². The molecule has 1 aromatic heterocycles. The molecule has 1 aromatic carbocycles. The molecule has 0 spiro atoms. The zero-order valence-corrected chi connectivity index (χ0v) is 11.1. The van der Waals surface area contributed by atoms with Crippen LogP contribution in [-0.2, 0) is 0 Å². The Hall–Kier alpha value is -1.68. The van der Waals surface area contributed by atoms with E-state index in [0.29, 0.717) is 0 Å². The Balaban J connectivity index is 2.12. The van der Waals surface area contributed by atoms with E-state index < -0.39 is 5.82 Å². The van der Waals surface area contributed by atoms with E-state index >= 15 is 0 Å². The normalized spacial score (nSPS) is 12.2. The maximum absolute atomic E-state index is 13.6. The Bertz CT molecular complexity index is 551. The van der Waals surface area contributed by atoms with Crippen LogP contribution < -0.4 is 5.32 Å². The number of halogens is 1. The van der Waals surface area contributed by atoms with Gasteiger partial charge < -0.3 is 5.32 Å². The number of carbonyl (C=O) groups excluding carboxylic acids is 1. The summed E-state index contributed by atoms with van der Waals surface area (Å²) in [6.07, 6.45) is 0. The second kappa shape index (κ2) is 5.31. The molecule has 1 heterocycles. The van der Waals surface area contributed by atoms with Crippen molar-refractivity contribution < 1.29 is 9.18 Å². The van der Waals surface area contributed by atoms with Crippen molar-refractivity contribution in [2.75, 3.05) is 0 Å². The summed E-state index contributed by atoms with van der Waals surface area (Å²) in [7, 11) is 0. The summed E-state index contributed by atoms with van der Waals surface area (Å²) in [5.74, 6) is -0.865. The minimum atomic E-state index is -0.481. The Kier molecular flexibility index (Phi) is 3.77. The lowest BCUT2D eigenvalue weighted by Gasteiger charge is -2.13. The lowest BCUT2D eigenvalue weighted by molar-refractivity contribution is 0.0936. The van der Waals surface area contributed by atoms with Crippen molar-refractivity contribution in [3.05, 3.63) is 57.5 Å². The average Bonchev–Trinajstić information content (AvgIpc) is 2.81. The van der Waals surface area contributed by atoms with Crippen molar-refractivity contribution in [2.24, 2.45) is 0 Å². The Morgan fingerprint density at radius 2 is 2.17 bits per heavy atom. The molecule has 2 rings (SSSR count). The van der Waals surface area contributed by atoms with Crippen LogP contribution in [0.5, 0.6) is 0 Å². The highest BCUT2D eigenvalue weighted by molar-refractivity contribution is 7.07. The quantitative estimate of drug-likeness (QED) is 0.899. The average molecular weight is 263 g/mol. The van der Waals surface area contributed by atoms with Crippen LogP contribution in [0.2, 0.25) is 0 Å². The first-order chi connectivity index (χ1) is 8.58. The molecule has 0 radical (unpaired) electrons. The topological polar surface area (TPSA) is 29.1 Å². The van der Waals surface area contributed by atoms with Gasteiger partial charge >= 0.3 is 0 Å². The Morgan fingerprint density at radius 1 is 1.39 bits per heavy atom. The standard InChI is InChI=1S/C14H14FNOS/c1-9-3-4-12(13(15)7-9)14(17)16-10(2)11-5-6-18-8-11/h3-8,10H,1-2H3,(H,16,17). The molecule has 1 atom stereocenters. The third-order valence-corrected chi connectivity index (χ3v) is 3.46. The predicted octanol–water partition coefficient (Wildman–Crippen LogP) is 3.69. The molecule has 0 saturated heterocycles. The summed E-state index contributed by atoms with van der Waals surface area (Å²) in [5, 5.41) is 6.70. The van der Waals surface area contributed by atoms with Crippen molar-refractivity contribution in [3.8, 4) is 0 Å². The fourth-order valence-corrected chi connectivity index (χ4v) is 2.44. The molecule has 18 heavy (non-hydrogen) atoms. The summed E-state index contributed by atoms with van der Waals surface area (Å²) in [6.45, 7) is 3.67. The van der Waals surface area contributed by atoms with Gasteiger partial charge in [0.1, 0.15) is 5.82 Å². The minimum absolute atomic E-state index is 0.0858. The molecule has 2 aromatic rings. The smallest absolute Gasteiger partial charge is 0.254 e. The summed E-state index contributed by atoms with van der Waals surface area (Å²) in [5.41, 5.74) is 1.92. The molecule has 4 heteroatoms. The molecule has 0 fully saturated rings. The SMILES string of the molecule is Cc1ccc(C(=O)NC(C)c2ccsc2)c(F)c1. The maximum atomic E-state index is 13.6. The first-order valence-electron chi connectivity index (χ1n) is 5.67. The van der Waals surface area contributed by atoms with Crippen LogP contribution in [0, 0.1) is 12.7 Å². The number of aryl methyl sites for hydroxylation is 1. The van der Waals surface area contributed by atoms with Crippen LogP contribution in [0.3, 0.4) is 0 Å². The fraction of sp³-hybridized carbons (Fsp3) is 0.214.